The third-order valence-electron chi connectivity index (χ3n) is 7.61. The number of anilines is 1. The molecule has 5 nitrogen and oxygen atoms in total. The van der Waals surface area contributed by atoms with E-state index in [9.17, 15) is 0 Å². The highest BCUT2D eigenvalue weighted by atomic mass is 15.1. The molecule has 2 aliphatic rings. The van der Waals surface area contributed by atoms with Crippen LogP contribution in [0, 0.1) is 11.8 Å². The van der Waals surface area contributed by atoms with Gasteiger partial charge in [-0.25, -0.2) is 4.98 Å². The molecule has 3 aromatic rings. The maximum atomic E-state index is 4.78. The van der Waals surface area contributed by atoms with Crippen molar-refractivity contribution in [3.05, 3.63) is 84.5 Å². The number of hydrogen-bond donors (Lipinski definition) is 2. The summed E-state index contributed by atoms with van der Waals surface area (Å²) in [7, 11) is 0. The average Bonchev–Trinajstić information content (AvgIpc) is 3.31. The van der Waals surface area contributed by atoms with Gasteiger partial charge in [-0.3, -0.25) is 4.90 Å². The van der Waals surface area contributed by atoms with E-state index in [2.05, 4.69) is 88.8 Å². The Hall–Kier alpha value is -3.05. The Morgan fingerprint density at radius 2 is 1.86 bits per heavy atom. The van der Waals surface area contributed by atoms with Crippen LogP contribution >= 0.6 is 0 Å². The van der Waals surface area contributed by atoms with Crippen molar-refractivity contribution in [1.82, 2.24) is 19.6 Å². The smallest absolute Gasteiger partial charge is 0.137 e. The van der Waals surface area contributed by atoms with Crippen molar-refractivity contribution in [3.63, 3.8) is 0 Å². The lowest BCUT2D eigenvalue weighted by Crippen LogP contribution is -2.36. The summed E-state index contributed by atoms with van der Waals surface area (Å²) < 4.78 is 2.08. The van der Waals surface area contributed by atoms with Crippen LogP contribution in [0.2, 0.25) is 0 Å². The molecule has 2 N–H and O–H groups in total. The average molecular weight is 470 g/mol. The second-order valence-corrected chi connectivity index (χ2v) is 10.5. The van der Waals surface area contributed by atoms with Crippen LogP contribution in [-0.2, 0) is 13.0 Å². The van der Waals surface area contributed by atoms with Gasteiger partial charge in [0.2, 0.25) is 0 Å². The highest BCUT2D eigenvalue weighted by Crippen LogP contribution is 2.29. The standard InChI is InChI=1S/C30H39N5/c1-22(18-34-16-15-26-11-7-8-12-27(26)19-34)17-31-24(3)29-21-35-20-28(13-14-30(35)33-29)32-23(2)25-9-5-4-6-10-25/h7-8,11-14,20-22,25,31-32H,2-6,9-10,15-19H2,1H3. The summed E-state index contributed by atoms with van der Waals surface area (Å²) in [5.74, 6) is 1.11. The van der Waals surface area contributed by atoms with Gasteiger partial charge in [0.25, 0.3) is 0 Å². The molecule has 1 fully saturated rings. The second-order valence-electron chi connectivity index (χ2n) is 10.5. The molecule has 0 amide bonds. The van der Waals surface area contributed by atoms with Crippen molar-refractivity contribution in [1.29, 1.82) is 0 Å². The minimum atomic E-state index is 0.524. The maximum Gasteiger partial charge on any atom is 0.137 e. The molecule has 1 saturated carbocycles. The van der Waals surface area contributed by atoms with Crippen LogP contribution in [0.5, 0.6) is 0 Å². The number of hydrogen-bond acceptors (Lipinski definition) is 4. The molecule has 5 rings (SSSR count). The van der Waals surface area contributed by atoms with Crippen LogP contribution in [0.15, 0.2) is 67.6 Å². The summed E-state index contributed by atoms with van der Waals surface area (Å²) in [6, 6.07) is 13.0. The van der Waals surface area contributed by atoms with Gasteiger partial charge in [-0.05, 0) is 54.4 Å². The Morgan fingerprint density at radius 1 is 1.06 bits per heavy atom. The van der Waals surface area contributed by atoms with Crippen LogP contribution in [-0.4, -0.2) is 33.9 Å². The van der Waals surface area contributed by atoms with Crippen LogP contribution in [0.25, 0.3) is 11.3 Å². The van der Waals surface area contributed by atoms with Gasteiger partial charge in [0.15, 0.2) is 0 Å². The molecule has 1 aliphatic carbocycles. The highest BCUT2D eigenvalue weighted by Gasteiger charge is 2.19. The van der Waals surface area contributed by atoms with Crippen LogP contribution in [0.1, 0.15) is 55.8 Å². The largest absolute Gasteiger partial charge is 0.383 e. The summed E-state index contributed by atoms with van der Waals surface area (Å²) in [4.78, 5) is 7.35. The van der Waals surface area contributed by atoms with Crippen LogP contribution < -0.4 is 10.6 Å². The van der Waals surface area contributed by atoms with Crippen molar-refractivity contribution in [2.75, 3.05) is 25.0 Å². The molecule has 184 valence electrons. The third-order valence-corrected chi connectivity index (χ3v) is 7.61. The molecule has 3 heterocycles. The first-order valence-electron chi connectivity index (χ1n) is 13.2. The minimum absolute atomic E-state index is 0.524. The molecule has 0 bridgehead atoms. The number of nitrogens with one attached hydrogen (secondary N) is 2. The molecule has 0 spiro atoms. The predicted molar refractivity (Wildman–Crippen MR) is 146 cm³/mol. The lowest BCUT2D eigenvalue weighted by molar-refractivity contribution is 0.220. The van der Waals surface area contributed by atoms with Crippen molar-refractivity contribution in [2.45, 2.75) is 52.0 Å². The fourth-order valence-electron chi connectivity index (χ4n) is 5.55. The molecule has 0 radical (unpaired) electrons. The summed E-state index contributed by atoms with van der Waals surface area (Å²) in [5, 5.41) is 7.07. The van der Waals surface area contributed by atoms with Gasteiger partial charge in [0.1, 0.15) is 11.3 Å². The van der Waals surface area contributed by atoms with Crippen molar-refractivity contribution >= 4 is 17.0 Å². The first kappa shape index (κ1) is 23.7. The molecule has 2 aromatic heterocycles. The van der Waals surface area contributed by atoms with Crippen molar-refractivity contribution < 1.29 is 0 Å². The molecule has 1 atom stereocenters. The first-order valence-corrected chi connectivity index (χ1v) is 13.2. The summed E-state index contributed by atoms with van der Waals surface area (Å²) in [6.07, 6.45) is 11.8. The molecule has 1 aliphatic heterocycles. The number of imidazole rings is 1. The van der Waals surface area contributed by atoms with Gasteiger partial charge in [0.05, 0.1) is 11.4 Å². The Kier molecular flexibility index (Phi) is 7.24. The van der Waals surface area contributed by atoms with E-state index in [4.69, 9.17) is 4.98 Å². The fraction of sp³-hybridized carbons (Fsp3) is 0.433. The van der Waals surface area contributed by atoms with E-state index < -0.39 is 0 Å². The van der Waals surface area contributed by atoms with E-state index in [1.807, 2.05) is 0 Å². The van der Waals surface area contributed by atoms with E-state index in [0.717, 1.165) is 61.0 Å². The van der Waals surface area contributed by atoms with Gasteiger partial charge in [-0.15, -0.1) is 0 Å². The molecular weight excluding hydrogens is 430 g/mol. The zero-order valence-corrected chi connectivity index (χ0v) is 21.1. The van der Waals surface area contributed by atoms with Gasteiger partial charge < -0.3 is 15.0 Å². The van der Waals surface area contributed by atoms with E-state index >= 15 is 0 Å². The molecule has 0 saturated heterocycles. The number of benzene rings is 1. The summed E-state index contributed by atoms with van der Waals surface area (Å²) in [6.45, 7) is 15.1. The van der Waals surface area contributed by atoms with E-state index in [1.165, 1.54) is 43.2 Å². The van der Waals surface area contributed by atoms with E-state index in [0.29, 0.717) is 11.8 Å². The topological polar surface area (TPSA) is 44.6 Å². The van der Waals surface area contributed by atoms with Gasteiger partial charge >= 0.3 is 0 Å². The van der Waals surface area contributed by atoms with E-state index in [1.54, 1.807) is 0 Å². The maximum absolute atomic E-state index is 4.78. The zero-order chi connectivity index (χ0) is 24.2. The molecule has 35 heavy (non-hydrogen) atoms. The second kappa shape index (κ2) is 10.7. The number of pyridine rings is 1. The molecule has 1 aromatic carbocycles. The Morgan fingerprint density at radius 3 is 2.69 bits per heavy atom. The Labute approximate surface area is 209 Å². The van der Waals surface area contributed by atoms with Crippen molar-refractivity contribution in [2.24, 2.45) is 11.8 Å². The van der Waals surface area contributed by atoms with Gasteiger partial charge in [0, 0.05) is 44.3 Å². The summed E-state index contributed by atoms with van der Waals surface area (Å²) in [5.41, 5.74) is 7.89. The molecular formula is C30H39N5. The molecule has 1 unspecified atom stereocenters. The quantitative estimate of drug-likeness (QED) is 0.398. The normalized spacial score (nSPS) is 17.6. The van der Waals surface area contributed by atoms with Gasteiger partial charge in [-0.2, -0.15) is 0 Å². The number of fused-ring (bicyclic) bond motifs is 2. The highest BCUT2D eigenvalue weighted by molar-refractivity contribution is 5.62. The SMILES string of the molecule is C=C(NCC(C)CN1CCc2ccccc2C1)c1cn2cc(NC(=C)C3CCCCC3)ccc2n1. The number of aromatic nitrogens is 2. The number of rotatable bonds is 9. The Balaban J connectivity index is 1.13. The number of nitrogens with zero attached hydrogens (tertiary/aromatic N) is 3. The predicted octanol–water partition coefficient (Wildman–Crippen LogP) is 6.09. The first-order chi connectivity index (χ1) is 17.0. The summed E-state index contributed by atoms with van der Waals surface area (Å²) >= 11 is 0. The van der Waals surface area contributed by atoms with Crippen LogP contribution in [0.4, 0.5) is 5.69 Å². The van der Waals surface area contributed by atoms with Crippen LogP contribution in [0.3, 0.4) is 0 Å². The number of allylic oxidation sites excluding steroid dienone is 1. The lowest BCUT2D eigenvalue weighted by Gasteiger charge is -2.31. The van der Waals surface area contributed by atoms with E-state index in [-0.39, 0.29) is 0 Å². The monoisotopic (exact) mass is 469 g/mol. The third kappa shape index (κ3) is 5.79. The van der Waals surface area contributed by atoms with Gasteiger partial charge in [-0.1, -0.05) is 63.6 Å². The minimum Gasteiger partial charge on any atom is -0.383 e. The zero-order valence-electron chi connectivity index (χ0n) is 21.1. The Bertz CT molecular complexity index is 1190. The lowest BCUT2D eigenvalue weighted by atomic mass is 9.87. The van der Waals surface area contributed by atoms with Crippen molar-refractivity contribution in [3.8, 4) is 0 Å². The molecule has 5 heteroatoms. The fourth-order valence-corrected chi connectivity index (χ4v) is 5.55.